The van der Waals surface area contributed by atoms with Crippen LogP contribution in [0.2, 0.25) is 0 Å². The molecule has 0 saturated carbocycles. The third-order valence-corrected chi connectivity index (χ3v) is 0.986. The maximum absolute atomic E-state index is 9.89. The van der Waals surface area contributed by atoms with E-state index in [0.717, 1.165) is 5.69 Å². The zero-order chi connectivity index (χ0) is 8.10. The second-order valence-corrected chi connectivity index (χ2v) is 1.80. The molecule has 0 fully saturated rings. The van der Waals surface area contributed by atoms with Crippen LogP contribution < -0.4 is 5.43 Å². The predicted octanol–water partition coefficient (Wildman–Crippen LogP) is 0.616. The number of hydrogen-bond donors (Lipinski definition) is 3. The van der Waals surface area contributed by atoms with Gasteiger partial charge in [0.05, 0.1) is 11.9 Å². The first-order valence-corrected chi connectivity index (χ1v) is 2.94. The van der Waals surface area contributed by atoms with Crippen molar-refractivity contribution in [3.05, 3.63) is 24.0 Å². The molecule has 0 bridgehead atoms. The van der Waals surface area contributed by atoms with Crippen molar-refractivity contribution in [3.63, 3.8) is 0 Å². The normalized spacial score (nSPS) is 10.2. The van der Waals surface area contributed by atoms with Crippen molar-refractivity contribution in [3.8, 4) is 0 Å². The Bertz CT molecular complexity index is 253. The molecular weight excluding hydrogens is 146 g/mol. The van der Waals surface area contributed by atoms with Gasteiger partial charge in [0.1, 0.15) is 0 Å². The number of H-pyrrole nitrogens is 1. The van der Waals surface area contributed by atoms with Gasteiger partial charge in [-0.3, -0.25) is 0 Å². The Morgan fingerprint density at radius 2 is 2.64 bits per heavy atom. The van der Waals surface area contributed by atoms with Crippen LogP contribution in [0.1, 0.15) is 5.69 Å². The lowest BCUT2D eigenvalue weighted by Gasteiger charge is -1.87. The molecule has 0 saturated heterocycles. The van der Waals surface area contributed by atoms with Crippen molar-refractivity contribution in [2.75, 3.05) is 0 Å². The van der Waals surface area contributed by atoms with E-state index in [0.29, 0.717) is 0 Å². The SMILES string of the molecule is O=C(O)N/N=C/c1ccc[nH]1. The van der Waals surface area contributed by atoms with E-state index >= 15 is 0 Å². The van der Waals surface area contributed by atoms with Gasteiger partial charge >= 0.3 is 6.09 Å². The van der Waals surface area contributed by atoms with Crippen LogP contribution in [0.3, 0.4) is 0 Å². The largest absolute Gasteiger partial charge is 0.464 e. The Morgan fingerprint density at radius 3 is 3.18 bits per heavy atom. The highest BCUT2D eigenvalue weighted by molar-refractivity contribution is 5.78. The Labute approximate surface area is 62.7 Å². The predicted molar refractivity (Wildman–Crippen MR) is 39.5 cm³/mol. The molecule has 0 aliphatic carbocycles. The molecule has 58 valence electrons. The lowest BCUT2D eigenvalue weighted by atomic mass is 10.5. The summed E-state index contributed by atoms with van der Waals surface area (Å²) in [6.45, 7) is 0. The van der Waals surface area contributed by atoms with Crippen LogP contribution in [-0.2, 0) is 0 Å². The molecule has 0 spiro atoms. The van der Waals surface area contributed by atoms with E-state index in [-0.39, 0.29) is 0 Å². The number of carbonyl (C=O) groups is 1. The van der Waals surface area contributed by atoms with Crippen LogP contribution in [0.5, 0.6) is 0 Å². The fourth-order valence-electron chi connectivity index (χ4n) is 0.582. The van der Waals surface area contributed by atoms with Crippen LogP contribution in [0, 0.1) is 0 Å². The number of carboxylic acid groups (broad SMARTS) is 1. The number of amides is 1. The van der Waals surface area contributed by atoms with Gasteiger partial charge < -0.3 is 10.1 Å². The molecule has 0 aliphatic heterocycles. The number of nitrogens with one attached hydrogen (secondary N) is 2. The minimum atomic E-state index is -1.17. The lowest BCUT2D eigenvalue weighted by molar-refractivity contribution is 0.195. The minimum Gasteiger partial charge on any atom is -0.464 e. The monoisotopic (exact) mass is 153 g/mol. The highest BCUT2D eigenvalue weighted by Gasteiger charge is 1.87. The van der Waals surface area contributed by atoms with Crippen molar-refractivity contribution >= 4 is 12.3 Å². The van der Waals surface area contributed by atoms with Gasteiger partial charge in [-0.15, -0.1) is 0 Å². The quantitative estimate of drug-likeness (QED) is 0.430. The molecule has 1 rings (SSSR count). The first-order valence-electron chi connectivity index (χ1n) is 2.94. The third kappa shape index (κ3) is 2.53. The Kier molecular flexibility index (Phi) is 2.27. The second-order valence-electron chi connectivity index (χ2n) is 1.80. The van der Waals surface area contributed by atoms with E-state index in [9.17, 15) is 4.79 Å². The molecular formula is C6H7N3O2. The molecule has 0 unspecified atom stereocenters. The summed E-state index contributed by atoms with van der Waals surface area (Å²) < 4.78 is 0. The molecule has 11 heavy (non-hydrogen) atoms. The van der Waals surface area contributed by atoms with Gasteiger partial charge in [0.15, 0.2) is 0 Å². The van der Waals surface area contributed by atoms with E-state index < -0.39 is 6.09 Å². The topological polar surface area (TPSA) is 77.5 Å². The summed E-state index contributed by atoms with van der Waals surface area (Å²) in [7, 11) is 0. The molecule has 3 N–H and O–H groups in total. The third-order valence-electron chi connectivity index (χ3n) is 0.986. The summed E-state index contributed by atoms with van der Waals surface area (Å²) in [6.07, 6.45) is 1.93. The minimum absolute atomic E-state index is 0.749. The van der Waals surface area contributed by atoms with Crippen LogP contribution >= 0.6 is 0 Å². The van der Waals surface area contributed by atoms with E-state index in [1.807, 2.05) is 5.43 Å². The van der Waals surface area contributed by atoms with Gasteiger partial charge in [-0.05, 0) is 12.1 Å². The van der Waals surface area contributed by atoms with Crippen molar-refractivity contribution in [1.29, 1.82) is 0 Å². The maximum atomic E-state index is 9.89. The van der Waals surface area contributed by atoms with Crippen LogP contribution in [0.4, 0.5) is 4.79 Å². The van der Waals surface area contributed by atoms with E-state index in [2.05, 4.69) is 10.1 Å². The van der Waals surface area contributed by atoms with Crippen molar-refractivity contribution in [2.45, 2.75) is 0 Å². The molecule has 1 amide bonds. The Morgan fingerprint density at radius 1 is 1.82 bits per heavy atom. The number of aromatic amines is 1. The van der Waals surface area contributed by atoms with Crippen molar-refractivity contribution in [2.24, 2.45) is 5.10 Å². The maximum Gasteiger partial charge on any atom is 0.425 e. The summed E-state index contributed by atoms with van der Waals surface area (Å²) >= 11 is 0. The first-order chi connectivity index (χ1) is 5.29. The number of rotatable bonds is 2. The van der Waals surface area contributed by atoms with Gasteiger partial charge in [0, 0.05) is 6.20 Å². The number of hydrazone groups is 1. The highest BCUT2D eigenvalue weighted by atomic mass is 16.4. The summed E-state index contributed by atoms with van der Waals surface area (Å²) in [5.41, 5.74) is 2.60. The second kappa shape index (κ2) is 3.40. The smallest absolute Gasteiger partial charge is 0.425 e. The Hall–Kier alpha value is -1.78. The van der Waals surface area contributed by atoms with Crippen LogP contribution in [0.25, 0.3) is 0 Å². The number of aromatic nitrogens is 1. The molecule has 0 radical (unpaired) electrons. The molecule has 0 aromatic carbocycles. The highest BCUT2D eigenvalue weighted by Crippen LogP contribution is 1.87. The summed E-state index contributed by atoms with van der Waals surface area (Å²) in [6, 6.07) is 3.56. The Balaban J connectivity index is 2.43. The fraction of sp³-hybridized carbons (Fsp3) is 0. The number of hydrogen-bond acceptors (Lipinski definition) is 2. The molecule has 5 heteroatoms. The van der Waals surface area contributed by atoms with Crippen LogP contribution in [0.15, 0.2) is 23.4 Å². The molecule has 1 aromatic heterocycles. The summed E-state index contributed by atoms with van der Waals surface area (Å²) in [5, 5.41) is 11.5. The van der Waals surface area contributed by atoms with Gasteiger partial charge in [-0.2, -0.15) is 5.10 Å². The summed E-state index contributed by atoms with van der Waals surface area (Å²) in [5.74, 6) is 0. The molecule has 0 atom stereocenters. The van der Waals surface area contributed by atoms with Gasteiger partial charge in [0.2, 0.25) is 0 Å². The zero-order valence-electron chi connectivity index (χ0n) is 5.61. The van der Waals surface area contributed by atoms with Crippen molar-refractivity contribution in [1.82, 2.24) is 10.4 Å². The zero-order valence-corrected chi connectivity index (χ0v) is 5.61. The fourth-order valence-corrected chi connectivity index (χ4v) is 0.582. The molecule has 1 aromatic rings. The molecule has 1 heterocycles. The van der Waals surface area contributed by atoms with Gasteiger partial charge in [-0.1, -0.05) is 0 Å². The van der Waals surface area contributed by atoms with Gasteiger partial charge in [0.25, 0.3) is 0 Å². The van der Waals surface area contributed by atoms with Crippen LogP contribution in [-0.4, -0.2) is 22.4 Å². The molecule has 0 aliphatic rings. The molecule has 5 nitrogen and oxygen atoms in total. The average molecular weight is 153 g/mol. The average Bonchev–Trinajstić information content (AvgIpc) is 2.39. The number of nitrogens with zero attached hydrogens (tertiary/aromatic N) is 1. The van der Waals surface area contributed by atoms with E-state index in [1.165, 1.54) is 6.21 Å². The van der Waals surface area contributed by atoms with Crippen molar-refractivity contribution < 1.29 is 9.90 Å². The van der Waals surface area contributed by atoms with Gasteiger partial charge in [-0.25, -0.2) is 10.2 Å². The van der Waals surface area contributed by atoms with E-state index in [1.54, 1.807) is 18.3 Å². The lowest BCUT2D eigenvalue weighted by Crippen LogP contribution is -2.13. The standard InChI is InChI=1S/C6H7N3O2/c10-6(11)9-8-4-5-2-1-3-7-5/h1-4,7,9H,(H,10,11)/b8-4+. The first kappa shape index (κ1) is 7.33. The van der Waals surface area contributed by atoms with E-state index in [4.69, 9.17) is 5.11 Å². The summed E-state index contributed by atoms with van der Waals surface area (Å²) in [4.78, 5) is 12.7.